The molecule has 0 radical (unpaired) electrons. The average molecular weight is 389 g/mol. The van der Waals surface area contributed by atoms with Gasteiger partial charge in [-0.05, 0) is 24.6 Å². The van der Waals surface area contributed by atoms with Gasteiger partial charge >= 0.3 is 5.97 Å². The summed E-state index contributed by atoms with van der Waals surface area (Å²) >= 11 is 1.49. The van der Waals surface area contributed by atoms with Crippen LogP contribution in [-0.4, -0.2) is 38.7 Å². The van der Waals surface area contributed by atoms with Crippen molar-refractivity contribution in [1.82, 2.24) is 0 Å². The molecule has 0 saturated heterocycles. The Hall–Kier alpha value is -2.38. The number of esters is 1. The minimum absolute atomic E-state index is 0.172. The maximum Gasteiger partial charge on any atom is 0.341 e. The summed E-state index contributed by atoms with van der Waals surface area (Å²) < 4.78 is 10.5. The Kier molecular flexibility index (Phi) is 6.47. The molecule has 0 aliphatic carbocycles. The summed E-state index contributed by atoms with van der Waals surface area (Å²) in [6.45, 7) is 5.35. The predicted octanol–water partition coefficient (Wildman–Crippen LogP) is 1.90. The van der Waals surface area contributed by atoms with E-state index in [0.717, 1.165) is 42.2 Å². The number of ether oxygens (including phenoxy) is 2. The molecule has 1 atom stereocenters. The number of carbonyl (C=O) groups excluding carboxylic acids is 2. The summed E-state index contributed by atoms with van der Waals surface area (Å²) in [5.74, 6) is 0.174. The third kappa shape index (κ3) is 4.67. The smallest absolute Gasteiger partial charge is 0.341 e. The number of methoxy groups -OCH3 is 1. The Bertz CT molecular complexity index is 804. The highest BCUT2D eigenvalue weighted by molar-refractivity contribution is 7.17. The van der Waals surface area contributed by atoms with Crippen molar-refractivity contribution in [2.75, 3.05) is 32.1 Å². The first-order chi connectivity index (χ1) is 13.1. The van der Waals surface area contributed by atoms with Gasteiger partial charge < -0.3 is 19.7 Å². The van der Waals surface area contributed by atoms with Crippen molar-refractivity contribution in [2.45, 2.75) is 26.3 Å². The third-order valence-electron chi connectivity index (χ3n) is 4.71. The fraction of sp³-hybridized carbons (Fsp3) is 0.400. The van der Waals surface area contributed by atoms with E-state index in [9.17, 15) is 9.59 Å². The molecule has 0 bridgehead atoms. The molecule has 2 aromatic rings. The number of hydrogen-bond acceptors (Lipinski definition) is 5. The zero-order valence-corrected chi connectivity index (χ0v) is 16.5. The first kappa shape index (κ1) is 19.4. The second-order valence-electron chi connectivity index (χ2n) is 6.44. The standard InChI is InChI=1S/C20H24N2O4S/c1-3-22-11-9-15-16(13-22)27-19(18(15)20(24)25-2)21-17(23)10-12-26-14-7-5-4-6-8-14/h4-8H,3,9-13H2,1-2H3,(H,21,23)/p+1. The van der Waals surface area contributed by atoms with E-state index in [2.05, 4.69) is 12.2 Å². The van der Waals surface area contributed by atoms with Crippen molar-refractivity contribution in [3.05, 3.63) is 46.3 Å². The molecule has 1 aliphatic rings. The highest BCUT2D eigenvalue weighted by Gasteiger charge is 2.30. The number of amides is 1. The topological polar surface area (TPSA) is 69.1 Å². The number of nitrogens with one attached hydrogen (secondary N) is 2. The molecule has 7 heteroatoms. The van der Waals surface area contributed by atoms with Gasteiger partial charge in [0.1, 0.15) is 17.3 Å². The molecule has 1 aromatic heterocycles. The van der Waals surface area contributed by atoms with Crippen LogP contribution in [0.2, 0.25) is 0 Å². The van der Waals surface area contributed by atoms with E-state index in [0.29, 0.717) is 10.6 Å². The highest BCUT2D eigenvalue weighted by Crippen LogP contribution is 2.35. The lowest BCUT2D eigenvalue weighted by molar-refractivity contribution is -0.913. The number of likely N-dealkylation sites (N-methyl/N-ethyl adjacent to an activating group) is 1. The lowest BCUT2D eigenvalue weighted by atomic mass is 10.0. The molecule has 0 saturated carbocycles. The van der Waals surface area contributed by atoms with Crippen LogP contribution in [0.3, 0.4) is 0 Å². The molecule has 144 valence electrons. The molecule has 3 rings (SSSR count). The number of carbonyl (C=O) groups is 2. The van der Waals surface area contributed by atoms with Crippen molar-refractivity contribution >= 4 is 28.2 Å². The number of quaternary nitrogens is 1. The monoisotopic (exact) mass is 389 g/mol. The summed E-state index contributed by atoms with van der Waals surface area (Å²) in [6, 6.07) is 9.38. The molecule has 1 aliphatic heterocycles. The summed E-state index contributed by atoms with van der Waals surface area (Å²) in [7, 11) is 1.37. The van der Waals surface area contributed by atoms with Crippen LogP contribution >= 0.6 is 11.3 Å². The van der Waals surface area contributed by atoms with Crippen LogP contribution in [0.15, 0.2) is 30.3 Å². The summed E-state index contributed by atoms with van der Waals surface area (Å²) in [5, 5.41) is 3.48. The van der Waals surface area contributed by atoms with Gasteiger partial charge in [0, 0.05) is 6.42 Å². The van der Waals surface area contributed by atoms with Gasteiger partial charge in [-0.3, -0.25) is 4.79 Å². The molecular formula is C20H25N2O4S+. The number of para-hydroxylation sites is 1. The molecule has 1 amide bonds. The van der Waals surface area contributed by atoms with E-state index in [1.807, 2.05) is 30.3 Å². The largest absolute Gasteiger partial charge is 0.493 e. The molecule has 6 nitrogen and oxygen atoms in total. The number of anilines is 1. The second kappa shape index (κ2) is 9.01. The van der Waals surface area contributed by atoms with Crippen molar-refractivity contribution < 1.29 is 24.0 Å². The number of rotatable bonds is 7. The van der Waals surface area contributed by atoms with Gasteiger partial charge in [-0.25, -0.2) is 4.79 Å². The summed E-state index contributed by atoms with van der Waals surface area (Å²) in [5.41, 5.74) is 1.55. The molecule has 27 heavy (non-hydrogen) atoms. The fourth-order valence-corrected chi connectivity index (χ4v) is 4.54. The van der Waals surface area contributed by atoms with Crippen LogP contribution in [0.5, 0.6) is 5.75 Å². The van der Waals surface area contributed by atoms with E-state index in [1.54, 1.807) is 0 Å². The van der Waals surface area contributed by atoms with Gasteiger partial charge in [-0.1, -0.05) is 18.2 Å². The minimum atomic E-state index is -0.386. The second-order valence-corrected chi connectivity index (χ2v) is 7.54. The molecular weight excluding hydrogens is 364 g/mol. The van der Waals surface area contributed by atoms with Crippen LogP contribution in [0.25, 0.3) is 0 Å². The van der Waals surface area contributed by atoms with Crippen molar-refractivity contribution in [3.8, 4) is 5.75 Å². The van der Waals surface area contributed by atoms with Crippen LogP contribution in [0.4, 0.5) is 5.00 Å². The van der Waals surface area contributed by atoms with Crippen molar-refractivity contribution in [3.63, 3.8) is 0 Å². The fourth-order valence-electron chi connectivity index (χ4n) is 3.21. The van der Waals surface area contributed by atoms with Crippen molar-refractivity contribution in [1.29, 1.82) is 0 Å². The number of fused-ring (bicyclic) bond motifs is 1. The zero-order chi connectivity index (χ0) is 19.2. The van der Waals surface area contributed by atoms with E-state index in [1.165, 1.54) is 23.3 Å². The predicted molar refractivity (Wildman–Crippen MR) is 105 cm³/mol. The maximum absolute atomic E-state index is 12.4. The normalized spacial score (nSPS) is 15.7. The molecule has 0 fully saturated rings. The minimum Gasteiger partial charge on any atom is -0.493 e. The van der Waals surface area contributed by atoms with E-state index in [4.69, 9.17) is 9.47 Å². The van der Waals surface area contributed by atoms with Crippen LogP contribution in [0, 0.1) is 0 Å². The molecule has 0 spiro atoms. The molecule has 2 N–H and O–H groups in total. The van der Waals surface area contributed by atoms with Gasteiger partial charge in [0.05, 0.1) is 43.7 Å². The Morgan fingerprint density at radius 2 is 2.04 bits per heavy atom. The Balaban J connectivity index is 1.67. The first-order valence-corrected chi connectivity index (χ1v) is 9.98. The Morgan fingerprint density at radius 1 is 1.26 bits per heavy atom. The molecule has 1 aromatic carbocycles. The number of thiophene rings is 1. The van der Waals surface area contributed by atoms with Gasteiger partial charge in [-0.15, -0.1) is 11.3 Å². The summed E-state index contributed by atoms with van der Waals surface area (Å²) in [4.78, 5) is 27.3. The highest BCUT2D eigenvalue weighted by atomic mass is 32.1. The number of benzene rings is 1. The molecule has 2 heterocycles. The van der Waals surface area contributed by atoms with Gasteiger partial charge in [0.2, 0.25) is 5.91 Å². The number of hydrogen-bond donors (Lipinski definition) is 2. The third-order valence-corrected chi connectivity index (χ3v) is 5.86. The maximum atomic E-state index is 12.4. The van der Waals surface area contributed by atoms with Crippen LogP contribution in [-0.2, 0) is 22.5 Å². The zero-order valence-electron chi connectivity index (χ0n) is 15.7. The van der Waals surface area contributed by atoms with Crippen molar-refractivity contribution in [2.24, 2.45) is 0 Å². The lowest BCUT2D eigenvalue weighted by Gasteiger charge is -2.22. The van der Waals surface area contributed by atoms with Crippen LogP contribution in [0.1, 0.15) is 34.1 Å². The van der Waals surface area contributed by atoms with E-state index in [-0.39, 0.29) is 24.9 Å². The van der Waals surface area contributed by atoms with E-state index < -0.39 is 0 Å². The molecule has 1 unspecified atom stereocenters. The van der Waals surface area contributed by atoms with Crippen LogP contribution < -0.4 is 15.0 Å². The average Bonchev–Trinajstić information content (AvgIpc) is 3.04. The van der Waals surface area contributed by atoms with Gasteiger partial charge in [0.15, 0.2) is 0 Å². The van der Waals surface area contributed by atoms with E-state index >= 15 is 0 Å². The Morgan fingerprint density at radius 3 is 2.74 bits per heavy atom. The quantitative estimate of drug-likeness (QED) is 0.710. The first-order valence-electron chi connectivity index (χ1n) is 9.16. The van der Waals surface area contributed by atoms with Gasteiger partial charge in [0.25, 0.3) is 0 Å². The van der Waals surface area contributed by atoms with Gasteiger partial charge in [-0.2, -0.15) is 0 Å². The SMILES string of the molecule is CC[NH+]1CCc2c(sc(NC(=O)CCOc3ccccc3)c2C(=O)OC)C1. The Labute approximate surface area is 163 Å². The summed E-state index contributed by atoms with van der Waals surface area (Å²) in [6.07, 6.45) is 1.04. The lowest BCUT2D eigenvalue weighted by Crippen LogP contribution is -3.11.